The molecule has 0 heterocycles. The maximum Gasteiger partial charge on any atom is 0.510 e. The van der Waals surface area contributed by atoms with E-state index in [4.69, 9.17) is 18.9 Å². The van der Waals surface area contributed by atoms with E-state index in [2.05, 4.69) is 5.32 Å². The number of ether oxygens (including phenoxy) is 4. The molecule has 1 amide bonds. The largest absolute Gasteiger partial charge is 0.510 e. The Morgan fingerprint density at radius 2 is 1.53 bits per heavy atom. The van der Waals surface area contributed by atoms with E-state index >= 15 is 0 Å². The molecule has 1 aliphatic rings. The Labute approximate surface area is 213 Å². The summed E-state index contributed by atoms with van der Waals surface area (Å²) in [4.78, 5) is 39.1. The summed E-state index contributed by atoms with van der Waals surface area (Å²) in [5.74, 6) is -1.42. The lowest BCUT2D eigenvalue weighted by molar-refractivity contribution is -0.178. The average molecular weight is 503 g/mol. The molecule has 36 heavy (non-hydrogen) atoms. The van der Waals surface area contributed by atoms with Crippen LogP contribution in [-0.4, -0.2) is 41.1 Å². The minimum atomic E-state index is -2.49. The minimum absolute atomic E-state index is 0.122. The average Bonchev–Trinajstić information content (AvgIpc) is 2.79. The standard InChI is InChI=1S/C27H38N2O7/c1-25(2,3)34-22(30)27(18-28,36-24(32)33-17-19-13-9-7-10-14-19)21(20-15-11-8-12-16-20)29-23(31)35-26(4,5)6/h7,9-10,13-14,20-21H,8,11-12,15-17H2,1-6H3,(H,29,31)/t21-,27+/m1/s1. The summed E-state index contributed by atoms with van der Waals surface area (Å²) in [6.07, 6.45) is 1.85. The zero-order valence-electron chi connectivity index (χ0n) is 22.1. The van der Waals surface area contributed by atoms with E-state index in [-0.39, 0.29) is 12.5 Å². The van der Waals surface area contributed by atoms with Crippen molar-refractivity contribution in [1.82, 2.24) is 5.32 Å². The van der Waals surface area contributed by atoms with Crippen molar-refractivity contribution >= 4 is 18.2 Å². The molecule has 0 saturated heterocycles. The van der Waals surface area contributed by atoms with Crippen LogP contribution in [0.5, 0.6) is 0 Å². The normalized spacial score (nSPS) is 17.0. The van der Waals surface area contributed by atoms with Gasteiger partial charge in [0, 0.05) is 0 Å². The van der Waals surface area contributed by atoms with Gasteiger partial charge in [0.05, 0.1) is 6.04 Å². The van der Waals surface area contributed by atoms with Crippen LogP contribution in [0, 0.1) is 17.2 Å². The molecule has 1 N–H and O–H groups in total. The number of amides is 1. The molecule has 1 fully saturated rings. The lowest BCUT2D eigenvalue weighted by atomic mass is 9.76. The first-order chi connectivity index (χ1) is 16.8. The van der Waals surface area contributed by atoms with Crippen molar-refractivity contribution in [2.75, 3.05) is 0 Å². The SMILES string of the molecule is CC(C)(C)OC(=O)N[C@H](C1CCCCC1)[C@](C#N)(OC(=O)OCc1ccccc1)C(=O)OC(C)(C)C. The number of alkyl carbamates (subject to hydrolysis) is 1. The summed E-state index contributed by atoms with van der Waals surface area (Å²) in [5.41, 5.74) is -3.60. The second-order valence-electron chi connectivity index (χ2n) is 11.0. The molecule has 0 unspecified atom stereocenters. The molecule has 9 nitrogen and oxygen atoms in total. The number of esters is 1. The predicted octanol–water partition coefficient (Wildman–Crippen LogP) is 5.42. The Kier molecular flexibility index (Phi) is 9.74. The Bertz CT molecular complexity index is 938. The maximum atomic E-state index is 13.5. The number of hydrogen-bond acceptors (Lipinski definition) is 8. The second-order valence-corrected chi connectivity index (χ2v) is 11.0. The van der Waals surface area contributed by atoms with Gasteiger partial charge in [-0.3, -0.25) is 0 Å². The van der Waals surface area contributed by atoms with Crippen LogP contribution in [0.15, 0.2) is 30.3 Å². The maximum absolute atomic E-state index is 13.5. The third-order valence-electron chi connectivity index (χ3n) is 5.54. The Morgan fingerprint density at radius 1 is 0.944 bits per heavy atom. The fourth-order valence-corrected chi connectivity index (χ4v) is 4.05. The smallest absolute Gasteiger partial charge is 0.456 e. The van der Waals surface area contributed by atoms with Gasteiger partial charge in [0.2, 0.25) is 0 Å². The fraction of sp³-hybridized carbons (Fsp3) is 0.630. The molecular weight excluding hydrogens is 464 g/mol. The first-order valence-electron chi connectivity index (χ1n) is 12.3. The highest BCUT2D eigenvalue weighted by molar-refractivity contribution is 5.88. The molecule has 0 radical (unpaired) electrons. The fourth-order valence-electron chi connectivity index (χ4n) is 4.05. The topological polar surface area (TPSA) is 124 Å². The van der Waals surface area contributed by atoms with Crippen LogP contribution in [0.1, 0.15) is 79.2 Å². The van der Waals surface area contributed by atoms with E-state index < -0.39 is 41.1 Å². The molecule has 0 spiro atoms. The van der Waals surface area contributed by atoms with Gasteiger partial charge in [0.15, 0.2) is 0 Å². The summed E-state index contributed by atoms with van der Waals surface area (Å²) in [6.45, 7) is 9.89. The number of nitrogens with one attached hydrogen (secondary N) is 1. The first-order valence-corrected chi connectivity index (χ1v) is 12.3. The Morgan fingerprint density at radius 3 is 2.06 bits per heavy atom. The highest BCUT2D eigenvalue weighted by atomic mass is 16.7. The van der Waals surface area contributed by atoms with Crippen LogP contribution in [0.3, 0.4) is 0 Å². The highest BCUT2D eigenvalue weighted by Gasteiger charge is 2.57. The lowest BCUT2D eigenvalue weighted by Gasteiger charge is -2.39. The molecular formula is C27H38N2O7. The van der Waals surface area contributed by atoms with E-state index in [1.807, 2.05) is 12.1 Å². The van der Waals surface area contributed by atoms with Crippen molar-refractivity contribution in [3.63, 3.8) is 0 Å². The van der Waals surface area contributed by atoms with Crippen LogP contribution in [0.2, 0.25) is 0 Å². The van der Waals surface area contributed by atoms with Gasteiger partial charge in [-0.1, -0.05) is 49.6 Å². The third kappa shape index (κ3) is 8.74. The molecule has 0 aliphatic heterocycles. The Hall–Kier alpha value is -3.28. The monoisotopic (exact) mass is 502 g/mol. The molecule has 0 aromatic heterocycles. The summed E-state index contributed by atoms with van der Waals surface area (Å²) in [5, 5.41) is 13.0. The lowest BCUT2D eigenvalue weighted by Crippen LogP contribution is -2.63. The first kappa shape index (κ1) is 29.0. The van der Waals surface area contributed by atoms with Crippen molar-refractivity contribution < 1.29 is 33.3 Å². The number of hydrogen-bond donors (Lipinski definition) is 1. The van der Waals surface area contributed by atoms with E-state index in [1.165, 1.54) is 0 Å². The number of nitrogens with zero attached hydrogens (tertiary/aromatic N) is 1. The number of carbonyl (C=O) groups is 3. The van der Waals surface area contributed by atoms with Crippen molar-refractivity contribution in [3.05, 3.63) is 35.9 Å². The molecule has 1 saturated carbocycles. The van der Waals surface area contributed by atoms with Crippen LogP contribution in [-0.2, 0) is 30.3 Å². The van der Waals surface area contributed by atoms with Crippen molar-refractivity contribution in [2.24, 2.45) is 5.92 Å². The van der Waals surface area contributed by atoms with Gasteiger partial charge >= 0.3 is 23.8 Å². The third-order valence-corrected chi connectivity index (χ3v) is 5.54. The summed E-state index contributed by atoms with van der Waals surface area (Å²) in [7, 11) is 0. The van der Waals surface area contributed by atoms with Crippen molar-refractivity contribution in [1.29, 1.82) is 5.26 Å². The molecule has 198 valence electrons. The second kappa shape index (κ2) is 12.1. The van der Waals surface area contributed by atoms with E-state index in [0.717, 1.165) is 19.3 Å². The van der Waals surface area contributed by atoms with Crippen LogP contribution < -0.4 is 5.32 Å². The molecule has 1 aliphatic carbocycles. The molecule has 1 aromatic carbocycles. The summed E-state index contributed by atoms with van der Waals surface area (Å²) < 4.78 is 21.7. The van der Waals surface area contributed by atoms with E-state index in [1.54, 1.807) is 65.8 Å². The number of benzene rings is 1. The van der Waals surface area contributed by atoms with Gasteiger partial charge in [-0.25, -0.2) is 14.4 Å². The molecule has 9 heteroatoms. The van der Waals surface area contributed by atoms with Gasteiger partial charge < -0.3 is 24.3 Å². The summed E-state index contributed by atoms with van der Waals surface area (Å²) >= 11 is 0. The number of rotatable bonds is 7. The predicted molar refractivity (Wildman–Crippen MR) is 132 cm³/mol. The van der Waals surface area contributed by atoms with Gasteiger partial charge in [-0.2, -0.15) is 5.26 Å². The van der Waals surface area contributed by atoms with Crippen molar-refractivity contribution in [2.45, 2.75) is 103 Å². The van der Waals surface area contributed by atoms with Crippen LogP contribution >= 0.6 is 0 Å². The zero-order chi connectivity index (χ0) is 27.0. The highest BCUT2D eigenvalue weighted by Crippen LogP contribution is 2.35. The van der Waals surface area contributed by atoms with Crippen molar-refractivity contribution in [3.8, 4) is 6.07 Å². The molecule has 2 atom stereocenters. The van der Waals surface area contributed by atoms with Gasteiger partial charge in [-0.15, -0.1) is 0 Å². The van der Waals surface area contributed by atoms with E-state index in [0.29, 0.717) is 18.4 Å². The van der Waals surface area contributed by atoms with E-state index in [9.17, 15) is 19.6 Å². The minimum Gasteiger partial charge on any atom is -0.456 e. The molecule has 2 rings (SSSR count). The quantitative estimate of drug-likeness (QED) is 0.387. The van der Waals surface area contributed by atoms with Gasteiger partial charge in [0.25, 0.3) is 0 Å². The van der Waals surface area contributed by atoms with Crippen LogP contribution in [0.25, 0.3) is 0 Å². The molecule has 0 bridgehead atoms. The zero-order valence-corrected chi connectivity index (χ0v) is 22.1. The van der Waals surface area contributed by atoms with Gasteiger partial charge in [0.1, 0.15) is 23.9 Å². The van der Waals surface area contributed by atoms with Crippen LogP contribution in [0.4, 0.5) is 9.59 Å². The number of carbonyl (C=O) groups excluding carboxylic acids is 3. The summed E-state index contributed by atoms with van der Waals surface area (Å²) in [6, 6.07) is 9.56. The van der Waals surface area contributed by atoms with Gasteiger partial charge in [-0.05, 0) is 65.9 Å². The Balaban J connectivity index is 2.43. The molecule has 1 aromatic rings. The number of nitriles is 1.